The second-order valence-corrected chi connectivity index (χ2v) is 9.19. The van der Waals surface area contributed by atoms with Gasteiger partial charge >= 0.3 is 0 Å². The average molecular weight is 459 g/mol. The van der Waals surface area contributed by atoms with Crippen LogP contribution in [-0.4, -0.2) is 61.5 Å². The van der Waals surface area contributed by atoms with Crippen LogP contribution in [0.4, 0.5) is 0 Å². The molecule has 4 N–H and O–H groups in total. The van der Waals surface area contributed by atoms with E-state index in [2.05, 4.69) is 26.8 Å². The Kier molecular flexibility index (Phi) is 10.3. The van der Waals surface area contributed by atoms with Gasteiger partial charge in [0, 0.05) is 20.3 Å². The number of rotatable bonds is 12. The van der Waals surface area contributed by atoms with Gasteiger partial charge in [0.05, 0.1) is 36.9 Å². The Morgan fingerprint density at radius 2 is 2.09 bits per heavy atom. The average Bonchev–Trinajstić information content (AvgIpc) is 3.12. The highest BCUT2D eigenvalue weighted by molar-refractivity contribution is 5.98. The summed E-state index contributed by atoms with van der Waals surface area (Å²) in [6.45, 7) is 7.21. The number of carbonyl (C=O) groups excluding carboxylic acids is 1. The summed E-state index contributed by atoms with van der Waals surface area (Å²) < 4.78 is 11.0. The number of nitriles is 1. The Bertz CT molecular complexity index is 851. The Hall–Kier alpha value is -2.47. The molecule has 0 radical (unpaired) electrons. The number of nitrogens with zero attached hydrogens (tertiary/aromatic N) is 2. The first-order chi connectivity index (χ1) is 15.7. The fourth-order valence-corrected chi connectivity index (χ4v) is 5.13. The molecule has 0 bridgehead atoms. The number of guanidine groups is 1. The first kappa shape index (κ1) is 26.8. The highest BCUT2D eigenvalue weighted by Gasteiger charge is 2.41. The summed E-state index contributed by atoms with van der Waals surface area (Å²) >= 11 is 0. The van der Waals surface area contributed by atoms with Crippen LogP contribution in [0, 0.1) is 34.5 Å². The van der Waals surface area contributed by atoms with Crippen molar-refractivity contribution in [1.82, 2.24) is 4.90 Å². The molecular formula is C25H38N4O4. The van der Waals surface area contributed by atoms with Crippen molar-refractivity contribution in [3.05, 3.63) is 34.9 Å². The molecule has 0 fully saturated rings. The third-order valence-electron chi connectivity index (χ3n) is 6.46. The molecule has 4 atom stereocenters. The first-order valence-corrected chi connectivity index (χ1v) is 11.6. The van der Waals surface area contributed by atoms with E-state index in [1.807, 2.05) is 12.1 Å². The smallest absolute Gasteiger partial charge is 0.237 e. The molecule has 0 saturated carbocycles. The minimum absolute atomic E-state index is 0.0281. The standard InChI is InChI=1S/C25H38N4O4/c1-16(2)23(32-4)17(3)12-20-14-19-7-6-18(15-26)13-21(19)22(20)24(31)29(25(27)28)8-5-10-33-11-9-30/h6-7,13,16-17,20,22-23,30H,5,8-12,14H2,1-4H3,(H3,27,28)/t17?,20?,22?,23-/m0/s1. The fourth-order valence-electron chi connectivity index (χ4n) is 5.13. The molecule has 0 aromatic heterocycles. The van der Waals surface area contributed by atoms with E-state index >= 15 is 0 Å². The van der Waals surface area contributed by atoms with Crippen molar-refractivity contribution in [2.75, 3.05) is 33.5 Å². The lowest BCUT2D eigenvalue weighted by atomic mass is 9.80. The molecule has 8 nitrogen and oxygen atoms in total. The van der Waals surface area contributed by atoms with Gasteiger partial charge in [0.25, 0.3) is 0 Å². The summed E-state index contributed by atoms with van der Waals surface area (Å²) in [7, 11) is 1.72. The maximum atomic E-state index is 13.7. The predicted molar refractivity (Wildman–Crippen MR) is 127 cm³/mol. The molecule has 8 heteroatoms. The van der Waals surface area contributed by atoms with E-state index in [4.69, 9.17) is 25.7 Å². The lowest BCUT2D eigenvalue weighted by molar-refractivity contribution is -0.130. The maximum Gasteiger partial charge on any atom is 0.237 e. The molecule has 1 amide bonds. The van der Waals surface area contributed by atoms with Gasteiger partial charge in [-0.05, 0) is 60.3 Å². The molecule has 0 aliphatic heterocycles. The van der Waals surface area contributed by atoms with E-state index in [1.54, 1.807) is 13.2 Å². The maximum absolute atomic E-state index is 13.7. The molecule has 1 aromatic rings. The summed E-state index contributed by atoms with van der Waals surface area (Å²) in [5.74, 6) is -0.369. The van der Waals surface area contributed by atoms with Gasteiger partial charge in [-0.1, -0.05) is 26.8 Å². The van der Waals surface area contributed by atoms with Gasteiger partial charge in [-0.3, -0.25) is 15.1 Å². The second-order valence-electron chi connectivity index (χ2n) is 9.19. The second kappa shape index (κ2) is 12.7. The van der Waals surface area contributed by atoms with Gasteiger partial charge in [0.1, 0.15) is 0 Å². The van der Waals surface area contributed by atoms with Crippen LogP contribution in [0.5, 0.6) is 0 Å². The topological polar surface area (TPSA) is 133 Å². The predicted octanol–water partition coefficient (Wildman–Crippen LogP) is 2.63. The number of aliphatic hydroxyl groups excluding tert-OH is 1. The molecule has 0 heterocycles. The third kappa shape index (κ3) is 6.76. The molecule has 1 aromatic carbocycles. The van der Waals surface area contributed by atoms with Gasteiger partial charge in [-0.15, -0.1) is 0 Å². The summed E-state index contributed by atoms with van der Waals surface area (Å²) in [6.07, 6.45) is 2.10. The lowest BCUT2D eigenvalue weighted by Crippen LogP contribution is -2.45. The van der Waals surface area contributed by atoms with Crippen LogP contribution in [-0.2, 0) is 20.7 Å². The molecule has 0 spiro atoms. The highest BCUT2D eigenvalue weighted by Crippen LogP contribution is 2.43. The number of ether oxygens (including phenoxy) is 2. The normalized spacial score (nSPS) is 19.1. The zero-order valence-electron chi connectivity index (χ0n) is 20.2. The van der Waals surface area contributed by atoms with Crippen molar-refractivity contribution in [2.45, 2.75) is 52.1 Å². The van der Waals surface area contributed by atoms with Gasteiger partial charge in [-0.25, -0.2) is 0 Å². The zero-order chi connectivity index (χ0) is 24.5. The molecule has 0 saturated heterocycles. The Labute approximate surface area is 197 Å². The van der Waals surface area contributed by atoms with Gasteiger partial charge < -0.3 is 20.3 Å². The van der Waals surface area contributed by atoms with E-state index in [-0.39, 0.29) is 49.6 Å². The van der Waals surface area contributed by atoms with Crippen LogP contribution >= 0.6 is 0 Å². The number of carbonyl (C=O) groups is 1. The Morgan fingerprint density at radius 1 is 1.36 bits per heavy atom. The van der Waals surface area contributed by atoms with E-state index in [0.29, 0.717) is 24.5 Å². The van der Waals surface area contributed by atoms with Gasteiger partial charge in [0.15, 0.2) is 5.96 Å². The Morgan fingerprint density at radius 3 is 2.67 bits per heavy atom. The number of nitrogens with one attached hydrogen (secondary N) is 1. The molecule has 1 aliphatic carbocycles. The number of hydrogen-bond donors (Lipinski definition) is 3. The summed E-state index contributed by atoms with van der Waals surface area (Å²) in [5.41, 5.74) is 8.26. The van der Waals surface area contributed by atoms with Crippen LogP contribution in [0.1, 0.15) is 56.2 Å². The van der Waals surface area contributed by atoms with E-state index in [0.717, 1.165) is 24.0 Å². The van der Waals surface area contributed by atoms with E-state index in [9.17, 15) is 10.1 Å². The number of hydrogen-bond acceptors (Lipinski definition) is 6. The number of methoxy groups -OCH3 is 1. The van der Waals surface area contributed by atoms with Crippen molar-refractivity contribution in [2.24, 2.45) is 23.5 Å². The number of amides is 1. The van der Waals surface area contributed by atoms with E-state index < -0.39 is 5.92 Å². The van der Waals surface area contributed by atoms with Crippen molar-refractivity contribution in [1.29, 1.82) is 10.7 Å². The lowest BCUT2D eigenvalue weighted by Gasteiger charge is -2.32. The number of fused-ring (bicyclic) bond motifs is 1. The van der Waals surface area contributed by atoms with Crippen LogP contribution in [0.15, 0.2) is 18.2 Å². The largest absolute Gasteiger partial charge is 0.394 e. The van der Waals surface area contributed by atoms with Gasteiger partial charge in [-0.2, -0.15) is 5.26 Å². The highest BCUT2D eigenvalue weighted by atomic mass is 16.5. The minimum atomic E-state index is -0.470. The Balaban J connectivity index is 2.30. The monoisotopic (exact) mass is 458 g/mol. The molecule has 3 unspecified atom stereocenters. The van der Waals surface area contributed by atoms with Crippen LogP contribution in [0.3, 0.4) is 0 Å². The quantitative estimate of drug-likeness (QED) is 0.251. The molecule has 1 aliphatic rings. The number of benzene rings is 1. The summed E-state index contributed by atoms with van der Waals surface area (Å²) in [5, 5.41) is 26.3. The van der Waals surface area contributed by atoms with Crippen molar-refractivity contribution in [3.63, 3.8) is 0 Å². The molecule has 182 valence electrons. The molecular weight excluding hydrogens is 420 g/mol. The number of nitrogens with two attached hydrogens (primary N) is 1. The SMILES string of the molecule is CO[C@@H](C(C)C)C(C)CC1Cc2ccc(C#N)cc2C1C(=O)N(CCCOCCO)C(=N)N. The fraction of sp³-hybridized carbons (Fsp3) is 0.640. The van der Waals surface area contributed by atoms with Crippen molar-refractivity contribution >= 4 is 11.9 Å². The third-order valence-corrected chi connectivity index (χ3v) is 6.46. The molecule has 33 heavy (non-hydrogen) atoms. The first-order valence-electron chi connectivity index (χ1n) is 11.6. The van der Waals surface area contributed by atoms with Crippen molar-refractivity contribution in [3.8, 4) is 6.07 Å². The van der Waals surface area contributed by atoms with E-state index in [1.165, 1.54) is 4.90 Å². The number of aliphatic hydroxyl groups is 1. The molecule has 2 rings (SSSR count). The van der Waals surface area contributed by atoms with Crippen molar-refractivity contribution < 1.29 is 19.4 Å². The summed E-state index contributed by atoms with van der Waals surface area (Å²) in [6, 6.07) is 7.71. The zero-order valence-corrected chi connectivity index (χ0v) is 20.2. The van der Waals surface area contributed by atoms with Gasteiger partial charge in [0.2, 0.25) is 5.91 Å². The summed E-state index contributed by atoms with van der Waals surface area (Å²) in [4.78, 5) is 15.1. The van der Waals surface area contributed by atoms with Crippen LogP contribution in [0.2, 0.25) is 0 Å². The minimum Gasteiger partial charge on any atom is -0.394 e. The van der Waals surface area contributed by atoms with Crippen LogP contribution in [0.25, 0.3) is 0 Å². The van der Waals surface area contributed by atoms with Crippen LogP contribution < -0.4 is 5.73 Å².